The van der Waals surface area contributed by atoms with Crippen molar-refractivity contribution in [2.24, 2.45) is 0 Å². The van der Waals surface area contributed by atoms with E-state index in [0.29, 0.717) is 5.56 Å². The smallest absolute Gasteiger partial charge is 0.258 e. The molecule has 0 spiro atoms. The molecule has 0 fully saturated rings. The summed E-state index contributed by atoms with van der Waals surface area (Å²) in [7, 11) is 3.40. The number of carbonyl (C=O) groups excluding carboxylic acids is 1. The average Bonchev–Trinajstić information content (AvgIpc) is 2.48. The van der Waals surface area contributed by atoms with Crippen molar-refractivity contribution in [2.45, 2.75) is 13.8 Å². The van der Waals surface area contributed by atoms with Crippen molar-refractivity contribution < 1.29 is 9.53 Å². The minimum Gasteiger partial charge on any atom is -0.497 e. The molecule has 0 radical (unpaired) electrons. The van der Waals surface area contributed by atoms with Crippen LogP contribution in [-0.4, -0.2) is 20.1 Å². The molecule has 0 unspecified atom stereocenters. The first kappa shape index (κ1) is 14.1. The molecule has 0 saturated heterocycles. The number of anilines is 1. The van der Waals surface area contributed by atoms with Gasteiger partial charge in [-0.3, -0.25) is 4.79 Å². The van der Waals surface area contributed by atoms with Crippen molar-refractivity contribution in [3.8, 4) is 5.75 Å². The van der Waals surface area contributed by atoms with Gasteiger partial charge in [-0.25, -0.2) is 0 Å². The van der Waals surface area contributed by atoms with Gasteiger partial charge in [-0.1, -0.05) is 6.07 Å². The molecule has 0 aliphatic carbocycles. The van der Waals surface area contributed by atoms with E-state index in [1.807, 2.05) is 25.1 Å². The van der Waals surface area contributed by atoms with Crippen LogP contribution < -0.4 is 9.64 Å². The van der Waals surface area contributed by atoms with Gasteiger partial charge in [-0.2, -0.15) is 0 Å². The van der Waals surface area contributed by atoms with Crippen LogP contribution >= 0.6 is 0 Å². The Kier molecular flexibility index (Phi) is 4.08. The van der Waals surface area contributed by atoms with Crippen LogP contribution in [0.1, 0.15) is 21.5 Å². The van der Waals surface area contributed by atoms with Crippen LogP contribution in [0.2, 0.25) is 0 Å². The van der Waals surface area contributed by atoms with Gasteiger partial charge in [0.25, 0.3) is 5.91 Å². The molecule has 2 aromatic carbocycles. The monoisotopic (exact) mass is 269 g/mol. The van der Waals surface area contributed by atoms with Gasteiger partial charge in [-0.15, -0.1) is 0 Å². The number of ether oxygens (including phenoxy) is 1. The maximum atomic E-state index is 12.4. The zero-order valence-corrected chi connectivity index (χ0v) is 12.3. The van der Waals surface area contributed by atoms with Gasteiger partial charge < -0.3 is 9.64 Å². The van der Waals surface area contributed by atoms with Gasteiger partial charge in [0.1, 0.15) is 5.75 Å². The number of benzene rings is 2. The zero-order chi connectivity index (χ0) is 14.7. The Morgan fingerprint density at radius 1 is 1.00 bits per heavy atom. The maximum Gasteiger partial charge on any atom is 0.258 e. The summed E-state index contributed by atoms with van der Waals surface area (Å²) in [5.41, 5.74) is 3.94. The standard InChI is InChI=1S/C17H19NO2/c1-12-5-8-15(11-13(12)2)18(3)17(19)14-6-9-16(20-4)10-7-14/h5-11H,1-4H3. The lowest BCUT2D eigenvalue weighted by Gasteiger charge is -2.18. The minimum absolute atomic E-state index is 0.0316. The van der Waals surface area contributed by atoms with E-state index in [9.17, 15) is 4.79 Å². The Labute approximate surface area is 119 Å². The first-order valence-corrected chi connectivity index (χ1v) is 6.52. The quantitative estimate of drug-likeness (QED) is 0.852. The van der Waals surface area contributed by atoms with Crippen molar-refractivity contribution in [1.82, 2.24) is 0 Å². The largest absolute Gasteiger partial charge is 0.497 e. The number of hydrogen-bond acceptors (Lipinski definition) is 2. The van der Waals surface area contributed by atoms with E-state index in [-0.39, 0.29) is 5.91 Å². The summed E-state index contributed by atoms with van der Waals surface area (Å²) in [6.45, 7) is 4.11. The first-order valence-electron chi connectivity index (χ1n) is 6.52. The van der Waals surface area contributed by atoms with Gasteiger partial charge in [-0.05, 0) is 61.4 Å². The molecule has 0 aliphatic rings. The molecular weight excluding hydrogens is 250 g/mol. The highest BCUT2D eigenvalue weighted by atomic mass is 16.5. The summed E-state index contributed by atoms with van der Waals surface area (Å²) in [5.74, 6) is 0.714. The van der Waals surface area contributed by atoms with Crippen molar-refractivity contribution in [2.75, 3.05) is 19.1 Å². The van der Waals surface area contributed by atoms with Gasteiger partial charge >= 0.3 is 0 Å². The molecule has 3 nitrogen and oxygen atoms in total. The molecule has 20 heavy (non-hydrogen) atoms. The van der Waals surface area contributed by atoms with E-state index in [2.05, 4.69) is 6.92 Å². The molecule has 104 valence electrons. The van der Waals surface area contributed by atoms with Gasteiger partial charge in [0.15, 0.2) is 0 Å². The summed E-state index contributed by atoms with van der Waals surface area (Å²) < 4.78 is 5.10. The predicted octanol–water partition coefficient (Wildman–Crippen LogP) is 3.59. The Bertz CT molecular complexity index is 617. The number of carbonyl (C=O) groups is 1. The molecule has 3 heteroatoms. The molecule has 0 saturated carbocycles. The van der Waals surface area contributed by atoms with Crippen LogP contribution in [0, 0.1) is 13.8 Å². The summed E-state index contributed by atoms with van der Waals surface area (Å²) >= 11 is 0. The molecule has 0 heterocycles. The van der Waals surface area contributed by atoms with Gasteiger partial charge in [0.05, 0.1) is 7.11 Å². The zero-order valence-electron chi connectivity index (χ0n) is 12.3. The Morgan fingerprint density at radius 2 is 1.65 bits per heavy atom. The van der Waals surface area contributed by atoms with Gasteiger partial charge in [0, 0.05) is 18.3 Å². The van der Waals surface area contributed by atoms with Crippen molar-refractivity contribution in [3.05, 3.63) is 59.2 Å². The molecule has 2 aromatic rings. The van der Waals surface area contributed by atoms with E-state index < -0.39 is 0 Å². The van der Waals surface area contributed by atoms with Crippen molar-refractivity contribution in [1.29, 1.82) is 0 Å². The number of hydrogen-bond donors (Lipinski definition) is 0. The number of methoxy groups -OCH3 is 1. The van der Waals surface area contributed by atoms with Gasteiger partial charge in [0.2, 0.25) is 0 Å². The van der Waals surface area contributed by atoms with Crippen LogP contribution in [0.5, 0.6) is 5.75 Å². The highest BCUT2D eigenvalue weighted by Crippen LogP contribution is 2.20. The second-order valence-electron chi connectivity index (χ2n) is 4.86. The highest BCUT2D eigenvalue weighted by molar-refractivity contribution is 6.05. The van der Waals surface area contributed by atoms with E-state index >= 15 is 0 Å². The molecular formula is C17H19NO2. The number of aryl methyl sites for hydroxylation is 2. The Hall–Kier alpha value is -2.29. The van der Waals surface area contributed by atoms with Crippen LogP contribution in [0.4, 0.5) is 5.69 Å². The number of rotatable bonds is 3. The molecule has 0 bridgehead atoms. The van der Waals surface area contributed by atoms with Crippen LogP contribution in [-0.2, 0) is 0 Å². The fourth-order valence-electron chi connectivity index (χ4n) is 1.98. The minimum atomic E-state index is -0.0316. The summed E-state index contributed by atoms with van der Waals surface area (Å²) in [4.78, 5) is 14.1. The van der Waals surface area contributed by atoms with E-state index in [1.165, 1.54) is 11.1 Å². The fourth-order valence-corrected chi connectivity index (χ4v) is 1.98. The molecule has 0 atom stereocenters. The molecule has 0 aliphatic heterocycles. The second kappa shape index (κ2) is 5.78. The molecule has 2 rings (SSSR count). The van der Waals surface area contributed by atoms with Crippen LogP contribution in [0.3, 0.4) is 0 Å². The normalized spacial score (nSPS) is 10.2. The highest BCUT2D eigenvalue weighted by Gasteiger charge is 2.13. The third-order valence-corrected chi connectivity index (χ3v) is 3.52. The summed E-state index contributed by atoms with van der Waals surface area (Å²) in [5, 5.41) is 0. The summed E-state index contributed by atoms with van der Waals surface area (Å²) in [6, 6.07) is 13.2. The lowest BCUT2D eigenvalue weighted by atomic mass is 10.1. The van der Waals surface area contributed by atoms with Crippen LogP contribution in [0.15, 0.2) is 42.5 Å². The lowest BCUT2D eigenvalue weighted by molar-refractivity contribution is 0.0993. The predicted molar refractivity (Wildman–Crippen MR) is 81.6 cm³/mol. The van der Waals surface area contributed by atoms with E-state index in [4.69, 9.17) is 4.74 Å². The second-order valence-corrected chi connectivity index (χ2v) is 4.86. The summed E-state index contributed by atoms with van der Waals surface area (Å²) in [6.07, 6.45) is 0. The number of amides is 1. The van der Waals surface area contributed by atoms with E-state index in [1.54, 1.807) is 43.3 Å². The Morgan fingerprint density at radius 3 is 2.20 bits per heavy atom. The SMILES string of the molecule is COc1ccc(C(=O)N(C)c2ccc(C)c(C)c2)cc1. The van der Waals surface area contributed by atoms with Crippen molar-refractivity contribution >= 4 is 11.6 Å². The fraction of sp³-hybridized carbons (Fsp3) is 0.235. The van der Waals surface area contributed by atoms with Crippen LogP contribution in [0.25, 0.3) is 0 Å². The lowest BCUT2D eigenvalue weighted by Crippen LogP contribution is -2.26. The molecule has 0 N–H and O–H groups in total. The van der Waals surface area contributed by atoms with Crippen molar-refractivity contribution in [3.63, 3.8) is 0 Å². The molecule has 1 amide bonds. The molecule has 0 aromatic heterocycles. The first-order chi connectivity index (χ1) is 9.52. The maximum absolute atomic E-state index is 12.4. The van der Waals surface area contributed by atoms with E-state index in [0.717, 1.165) is 11.4 Å². The third-order valence-electron chi connectivity index (χ3n) is 3.52. The average molecular weight is 269 g/mol. The topological polar surface area (TPSA) is 29.5 Å². The number of nitrogens with zero attached hydrogens (tertiary/aromatic N) is 1. The Balaban J connectivity index is 2.24. The third kappa shape index (κ3) is 2.82.